The average molecular weight is 356 g/mol. The summed E-state index contributed by atoms with van der Waals surface area (Å²) in [6.07, 6.45) is 0. The normalized spacial score (nSPS) is 11.4. The van der Waals surface area contributed by atoms with Crippen LogP contribution in [0.4, 0.5) is 0 Å². The molecule has 16 heavy (non-hydrogen) atoms. The molecule has 0 aromatic heterocycles. The summed E-state index contributed by atoms with van der Waals surface area (Å²) in [7, 11) is -14.7. The van der Waals surface area contributed by atoms with Crippen molar-refractivity contribution in [3.05, 3.63) is 0 Å². The molecule has 0 radical (unpaired) electrons. The Bertz CT molecular complexity index is 271. The van der Waals surface area contributed by atoms with Gasteiger partial charge in [-0.1, -0.05) is 0 Å². The van der Waals surface area contributed by atoms with E-state index in [2.05, 4.69) is 4.31 Å². The third-order valence-electron chi connectivity index (χ3n) is 0.213. The number of rotatable bonds is 2. The molecule has 0 bridgehead atoms. The quantitative estimate of drug-likeness (QED) is 0.183. The van der Waals surface area contributed by atoms with Gasteiger partial charge in [0.1, 0.15) is 0 Å². The molecule has 0 aliphatic heterocycles. The van der Waals surface area contributed by atoms with Gasteiger partial charge in [0.15, 0.2) is 0 Å². The van der Waals surface area contributed by atoms with E-state index in [0.29, 0.717) is 0 Å². The molecule has 92 valence electrons. The van der Waals surface area contributed by atoms with Crippen LogP contribution in [0.2, 0.25) is 0 Å². The van der Waals surface area contributed by atoms with E-state index in [0.717, 1.165) is 0 Å². The van der Waals surface area contributed by atoms with E-state index in [9.17, 15) is 9.13 Å². The standard InChI is InChI=1S/2K.H4O7P2.H3O4P.2H/c;;1-8(2,3)7-9(4,5)6;1-5(2,3)4;;/h;;(H2,1,2,3)(H2,4,5,6);(H3,1,2,3,4);;/q2*+1;;;2*-1. The van der Waals surface area contributed by atoms with E-state index in [-0.39, 0.29) is 106 Å². The summed E-state index contributed by atoms with van der Waals surface area (Å²) in [6, 6.07) is 0. The summed E-state index contributed by atoms with van der Waals surface area (Å²) in [4.78, 5) is 52.6. The van der Waals surface area contributed by atoms with Gasteiger partial charge in [0.05, 0.1) is 0 Å². The van der Waals surface area contributed by atoms with Crippen LogP contribution in [0.1, 0.15) is 2.85 Å². The fourth-order valence-electron chi connectivity index (χ4n) is 0.139. The summed E-state index contributed by atoms with van der Waals surface area (Å²) in [5, 5.41) is 0. The predicted molar refractivity (Wildman–Crippen MR) is 41.7 cm³/mol. The van der Waals surface area contributed by atoms with E-state index >= 15 is 0 Å². The summed E-state index contributed by atoms with van der Waals surface area (Å²) in [5.74, 6) is 0. The number of hydrogen-bond acceptors (Lipinski definition) is 4. The van der Waals surface area contributed by atoms with Crippen molar-refractivity contribution in [2.45, 2.75) is 0 Å². The molecule has 0 rings (SSSR count). The summed E-state index contributed by atoms with van der Waals surface area (Å²) in [6.45, 7) is 0. The fraction of sp³-hybridized carbons (Fsp3) is 0. The molecule has 0 heterocycles. The Morgan fingerprint density at radius 3 is 0.812 bits per heavy atom. The Hall–Kier alpha value is 3.64. The second-order valence-corrected chi connectivity index (χ2v) is 5.22. The maximum atomic E-state index is 9.63. The van der Waals surface area contributed by atoms with Crippen molar-refractivity contribution < 1.29 is 158 Å². The molecular formula is H9K2O11P3. The number of phosphoric acid groups is 3. The molecule has 0 unspecified atom stereocenters. The van der Waals surface area contributed by atoms with Gasteiger partial charge in [-0.05, 0) is 0 Å². The van der Waals surface area contributed by atoms with E-state index in [1.54, 1.807) is 0 Å². The number of hydrogen-bond donors (Lipinski definition) is 7. The van der Waals surface area contributed by atoms with E-state index in [1.807, 2.05) is 0 Å². The van der Waals surface area contributed by atoms with Gasteiger partial charge in [-0.3, -0.25) is 0 Å². The molecule has 0 atom stereocenters. The zero-order valence-corrected chi connectivity index (χ0v) is 17.0. The second-order valence-electron chi connectivity index (χ2n) is 1.58. The third kappa shape index (κ3) is 52.6. The topological polar surface area (TPSA) is 202 Å². The smallest absolute Gasteiger partial charge is 1.00 e. The van der Waals surface area contributed by atoms with Crippen molar-refractivity contribution in [1.82, 2.24) is 0 Å². The largest absolute Gasteiger partial charge is 1.00 e. The van der Waals surface area contributed by atoms with Crippen LogP contribution in [-0.4, -0.2) is 34.3 Å². The van der Waals surface area contributed by atoms with E-state index < -0.39 is 23.5 Å². The minimum absolute atomic E-state index is 0. The molecule has 0 aromatic carbocycles. The van der Waals surface area contributed by atoms with Gasteiger partial charge < -0.3 is 37.1 Å². The molecule has 0 aliphatic carbocycles. The van der Waals surface area contributed by atoms with Crippen LogP contribution in [-0.2, 0) is 18.0 Å². The molecule has 0 saturated heterocycles. The molecule has 16 heteroatoms. The van der Waals surface area contributed by atoms with Crippen LogP contribution < -0.4 is 103 Å². The first kappa shape index (κ1) is 27.9. The van der Waals surface area contributed by atoms with Gasteiger partial charge in [-0.15, -0.1) is 0 Å². The first-order chi connectivity index (χ1) is 5.71. The van der Waals surface area contributed by atoms with Crippen molar-refractivity contribution in [3.63, 3.8) is 0 Å². The van der Waals surface area contributed by atoms with Gasteiger partial charge in [-0.2, -0.15) is 4.31 Å². The van der Waals surface area contributed by atoms with Crippen LogP contribution in [0, 0.1) is 0 Å². The van der Waals surface area contributed by atoms with Crippen molar-refractivity contribution >= 4 is 23.5 Å². The molecule has 0 spiro atoms. The second kappa shape index (κ2) is 11.3. The maximum Gasteiger partial charge on any atom is 1.00 e. The SMILES string of the molecule is O=P(O)(O)O.O=P(O)(O)OP(=O)(O)O.[H-].[H-].[K+].[K+]. The van der Waals surface area contributed by atoms with E-state index in [4.69, 9.17) is 38.8 Å². The molecule has 0 saturated carbocycles. The average Bonchev–Trinajstić information content (AvgIpc) is 1.42. The maximum absolute atomic E-state index is 9.63. The molecule has 0 fully saturated rings. The van der Waals surface area contributed by atoms with Gasteiger partial charge in [0, 0.05) is 0 Å². The Balaban J connectivity index is -0.0000000359. The monoisotopic (exact) mass is 356 g/mol. The zero-order chi connectivity index (χ0) is 12.2. The summed E-state index contributed by atoms with van der Waals surface area (Å²) >= 11 is 0. The first-order valence-electron chi connectivity index (χ1n) is 2.31. The minimum atomic E-state index is -5.05. The predicted octanol–water partition coefficient (Wildman–Crippen LogP) is -7.51. The van der Waals surface area contributed by atoms with Gasteiger partial charge in [-0.25, -0.2) is 13.7 Å². The van der Waals surface area contributed by atoms with Crippen LogP contribution in [0.3, 0.4) is 0 Å². The van der Waals surface area contributed by atoms with Crippen LogP contribution in [0.15, 0.2) is 0 Å². The minimum Gasteiger partial charge on any atom is -1.00 e. The molecular weight excluding hydrogens is 347 g/mol. The third-order valence-corrected chi connectivity index (χ3v) is 1.91. The van der Waals surface area contributed by atoms with Crippen molar-refractivity contribution in [2.75, 3.05) is 0 Å². The summed E-state index contributed by atoms with van der Waals surface area (Å²) < 4.78 is 31.1. The van der Waals surface area contributed by atoms with Crippen LogP contribution in [0.25, 0.3) is 0 Å². The van der Waals surface area contributed by atoms with Gasteiger partial charge >= 0.3 is 126 Å². The molecule has 0 aliphatic rings. The fourth-order valence-corrected chi connectivity index (χ4v) is 1.25. The zero-order valence-electron chi connectivity index (χ0n) is 10.1. The van der Waals surface area contributed by atoms with Crippen LogP contribution >= 0.6 is 23.5 Å². The molecule has 0 amide bonds. The molecule has 0 aromatic rings. The van der Waals surface area contributed by atoms with E-state index in [1.165, 1.54) is 0 Å². The van der Waals surface area contributed by atoms with Crippen molar-refractivity contribution in [2.24, 2.45) is 0 Å². The van der Waals surface area contributed by atoms with Crippen molar-refractivity contribution in [1.29, 1.82) is 0 Å². The Morgan fingerprint density at radius 2 is 0.812 bits per heavy atom. The van der Waals surface area contributed by atoms with Crippen molar-refractivity contribution in [3.8, 4) is 0 Å². The Labute approximate surface area is 178 Å². The molecule has 11 nitrogen and oxygen atoms in total. The first-order valence-corrected chi connectivity index (χ1v) is 6.94. The summed E-state index contributed by atoms with van der Waals surface area (Å²) in [5.41, 5.74) is 0. The van der Waals surface area contributed by atoms with Gasteiger partial charge in [0.25, 0.3) is 0 Å². The Kier molecular flexibility index (Phi) is 19.7. The Morgan fingerprint density at radius 1 is 0.688 bits per heavy atom. The molecule has 7 N–H and O–H groups in total. The van der Waals surface area contributed by atoms with Gasteiger partial charge in [0.2, 0.25) is 0 Å². The van der Waals surface area contributed by atoms with Crippen LogP contribution in [0.5, 0.6) is 0 Å².